The van der Waals surface area contributed by atoms with E-state index in [1.54, 1.807) is 13.1 Å². The third-order valence-electron chi connectivity index (χ3n) is 3.65. The molecule has 1 unspecified atom stereocenters. The van der Waals surface area contributed by atoms with E-state index in [0.717, 1.165) is 0 Å². The second-order valence-electron chi connectivity index (χ2n) is 4.95. The molecule has 0 aliphatic carbocycles. The van der Waals surface area contributed by atoms with Gasteiger partial charge >= 0.3 is 0 Å². The number of aryl methyl sites for hydroxylation is 1. The number of benzene rings is 1. The molecule has 3 nitrogen and oxygen atoms in total. The Labute approximate surface area is 108 Å². The van der Waals surface area contributed by atoms with Crippen molar-refractivity contribution in [1.82, 2.24) is 15.1 Å². The average molecular weight is 269 g/mol. The lowest BCUT2D eigenvalue weighted by Crippen LogP contribution is -2.44. The Kier molecular flexibility index (Phi) is 2.78. The minimum Gasteiger partial charge on any atom is -0.311 e. The predicted molar refractivity (Wildman–Crippen MR) is 65.8 cm³/mol. The van der Waals surface area contributed by atoms with Crippen molar-refractivity contribution in [1.29, 1.82) is 0 Å². The number of aromatic nitrogens is 2. The first-order chi connectivity index (χ1) is 8.99. The lowest BCUT2D eigenvalue weighted by Gasteiger charge is -2.30. The van der Waals surface area contributed by atoms with Gasteiger partial charge in [0.15, 0.2) is 0 Å². The summed E-state index contributed by atoms with van der Waals surface area (Å²) in [7, 11) is 1.68. The first-order valence-corrected chi connectivity index (χ1v) is 6.20. The van der Waals surface area contributed by atoms with Crippen LogP contribution in [0.25, 0.3) is 10.9 Å². The highest BCUT2D eigenvalue weighted by Crippen LogP contribution is 2.40. The topological polar surface area (TPSA) is 29.9 Å². The van der Waals surface area contributed by atoms with Crippen LogP contribution in [0.2, 0.25) is 0 Å². The van der Waals surface area contributed by atoms with E-state index in [4.69, 9.17) is 0 Å². The van der Waals surface area contributed by atoms with Crippen LogP contribution in [0.1, 0.15) is 18.0 Å². The molecule has 1 saturated heterocycles. The van der Waals surface area contributed by atoms with Gasteiger partial charge in [0.1, 0.15) is 5.82 Å². The summed E-state index contributed by atoms with van der Waals surface area (Å²) in [6.45, 7) is 0.165. The molecule has 19 heavy (non-hydrogen) atoms. The summed E-state index contributed by atoms with van der Waals surface area (Å²) >= 11 is 0. The van der Waals surface area contributed by atoms with Gasteiger partial charge in [-0.25, -0.2) is 13.2 Å². The van der Waals surface area contributed by atoms with Crippen LogP contribution in [0.15, 0.2) is 18.2 Å². The SMILES string of the molecule is Cn1nc(C2CCNCC2(F)F)c2cc(F)ccc21. The lowest BCUT2D eigenvalue weighted by atomic mass is 9.89. The van der Waals surface area contributed by atoms with Crippen LogP contribution in [0, 0.1) is 5.82 Å². The average Bonchev–Trinajstić information content (AvgIpc) is 2.65. The summed E-state index contributed by atoms with van der Waals surface area (Å²) in [5.74, 6) is -4.25. The molecule has 1 atom stereocenters. The maximum absolute atomic E-state index is 14.0. The molecular weight excluding hydrogens is 255 g/mol. The van der Waals surface area contributed by atoms with E-state index in [-0.39, 0.29) is 6.54 Å². The summed E-state index contributed by atoms with van der Waals surface area (Å²) in [5.41, 5.74) is 0.967. The fourth-order valence-electron chi connectivity index (χ4n) is 2.69. The van der Waals surface area contributed by atoms with Crippen molar-refractivity contribution >= 4 is 10.9 Å². The normalized spacial score (nSPS) is 22.8. The zero-order valence-electron chi connectivity index (χ0n) is 10.5. The zero-order valence-corrected chi connectivity index (χ0v) is 10.5. The first-order valence-electron chi connectivity index (χ1n) is 6.20. The smallest absolute Gasteiger partial charge is 0.268 e. The highest BCUT2D eigenvalue weighted by molar-refractivity contribution is 5.82. The van der Waals surface area contributed by atoms with Crippen LogP contribution < -0.4 is 5.32 Å². The van der Waals surface area contributed by atoms with E-state index < -0.39 is 17.7 Å². The van der Waals surface area contributed by atoms with E-state index in [9.17, 15) is 13.2 Å². The molecule has 2 aromatic rings. The van der Waals surface area contributed by atoms with Crippen molar-refractivity contribution in [3.63, 3.8) is 0 Å². The van der Waals surface area contributed by atoms with E-state index in [1.165, 1.54) is 16.8 Å². The number of rotatable bonds is 1. The Hall–Kier alpha value is -1.56. The standard InChI is InChI=1S/C13H14F3N3/c1-19-11-3-2-8(14)6-9(11)12(18-19)10-4-5-17-7-13(10,15)16/h2-3,6,10,17H,4-5,7H2,1H3. The van der Waals surface area contributed by atoms with Crippen molar-refractivity contribution in [2.45, 2.75) is 18.3 Å². The molecule has 1 fully saturated rings. The van der Waals surface area contributed by atoms with E-state index in [2.05, 4.69) is 10.4 Å². The molecule has 0 amide bonds. The molecule has 3 rings (SSSR count). The van der Waals surface area contributed by atoms with Crippen LogP contribution in [-0.4, -0.2) is 28.8 Å². The van der Waals surface area contributed by atoms with Gasteiger partial charge in [0.05, 0.1) is 23.7 Å². The van der Waals surface area contributed by atoms with E-state index in [1.807, 2.05) is 0 Å². The maximum Gasteiger partial charge on any atom is 0.268 e. The molecule has 2 heterocycles. The number of halogens is 3. The third kappa shape index (κ3) is 2.00. The van der Waals surface area contributed by atoms with Crippen molar-refractivity contribution in [3.05, 3.63) is 29.7 Å². The molecule has 0 spiro atoms. The predicted octanol–water partition coefficient (Wildman–Crippen LogP) is 2.42. The second-order valence-corrected chi connectivity index (χ2v) is 4.95. The number of hydrogen-bond acceptors (Lipinski definition) is 2. The van der Waals surface area contributed by atoms with Gasteiger partial charge < -0.3 is 5.32 Å². The Morgan fingerprint density at radius 2 is 2.21 bits per heavy atom. The Balaban J connectivity index is 2.16. The van der Waals surface area contributed by atoms with Gasteiger partial charge in [0.2, 0.25) is 0 Å². The molecule has 1 N–H and O–H groups in total. The van der Waals surface area contributed by atoms with E-state index >= 15 is 0 Å². The van der Waals surface area contributed by atoms with Crippen LogP contribution in [0.5, 0.6) is 0 Å². The number of nitrogens with zero attached hydrogens (tertiary/aromatic N) is 2. The minimum atomic E-state index is -2.86. The molecule has 0 bridgehead atoms. The monoisotopic (exact) mass is 269 g/mol. The van der Waals surface area contributed by atoms with Gasteiger partial charge in [0.25, 0.3) is 5.92 Å². The highest BCUT2D eigenvalue weighted by atomic mass is 19.3. The summed E-state index contributed by atoms with van der Waals surface area (Å²) in [4.78, 5) is 0. The number of piperidine rings is 1. The number of nitrogens with one attached hydrogen (secondary N) is 1. The van der Waals surface area contributed by atoms with Crippen molar-refractivity contribution in [2.24, 2.45) is 7.05 Å². The van der Waals surface area contributed by atoms with Gasteiger partial charge in [-0.1, -0.05) is 0 Å². The molecule has 1 aromatic heterocycles. The van der Waals surface area contributed by atoms with Crippen LogP contribution in [0.4, 0.5) is 13.2 Å². The van der Waals surface area contributed by atoms with Crippen LogP contribution in [-0.2, 0) is 7.05 Å². The van der Waals surface area contributed by atoms with Crippen molar-refractivity contribution in [3.8, 4) is 0 Å². The largest absolute Gasteiger partial charge is 0.311 e. The Morgan fingerprint density at radius 1 is 1.42 bits per heavy atom. The van der Waals surface area contributed by atoms with Crippen molar-refractivity contribution < 1.29 is 13.2 Å². The van der Waals surface area contributed by atoms with Gasteiger partial charge in [-0.3, -0.25) is 4.68 Å². The molecular formula is C13H14F3N3. The van der Waals surface area contributed by atoms with Crippen LogP contribution in [0.3, 0.4) is 0 Å². The minimum absolute atomic E-state index is 0.295. The quantitative estimate of drug-likeness (QED) is 0.861. The Bertz CT molecular complexity index is 621. The second kappa shape index (κ2) is 4.23. The molecule has 0 saturated carbocycles. The summed E-state index contributed by atoms with van der Waals surface area (Å²) in [6, 6.07) is 4.17. The zero-order chi connectivity index (χ0) is 13.6. The molecule has 1 aliphatic heterocycles. The summed E-state index contributed by atoms with van der Waals surface area (Å²) in [5, 5.41) is 7.36. The molecule has 1 aliphatic rings. The van der Waals surface area contributed by atoms with Gasteiger partial charge in [-0.15, -0.1) is 0 Å². The van der Waals surface area contributed by atoms with Gasteiger partial charge in [0, 0.05) is 12.4 Å². The summed E-state index contributed by atoms with van der Waals surface area (Å²) < 4.78 is 42.9. The molecule has 6 heteroatoms. The fourth-order valence-corrected chi connectivity index (χ4v) is 2.69. The number of alkyl halides is 2. The Morgan fingerprint density at radius 3 is 2.95 bits per heavy atom. The van der Waals surface area contributed by atoms with Crippen molar-refractivity contribution in [2.75, 3.05) is 13.1 Å². The molecule has 0 radical (unpaired) electrons. The summed E-state index contributed by atoms with van der Waals surface area (Å²) in [6.07, 6.45) is 0.301. The number of fused-ring (bicyclic) bond motifs is 1. The highest BCUT2D eigenvalue weighted by Gasteiger charge is 2.44. The maximum atomic E-state index is 14.0. The fraction of sp³-hybridized carbons (Fsp3) is 0.462. The molecule has 102 valence electrons. The third-order valence-corrected chi connectivity index (χ3v) is 3.65. The van der Waals surface area contributed by atoms with Gasteiger partial charge in [-0.2, -0.15) is 5.10 Å². The number of hydrogen-bond donors (Lipinski definition) is 1. The first kappa shape index (κ1) is 12.5. The van der Waals surface area contributed by atoms with E-state index in [0.29, 0.717) is 29.6 Å². The lowest BCUT2D eigenvalue weighted by molar-refractivity contribution is -0.0429. The molecule has 1 aromatic carbocycles. The van der Waals surface area contributed by atoms with Crippen LogP contribution >= 0.6 is 0 Å². The van der Waals surface area contributed by atoms with Gasteiger partial charge in [-0.05, 0) is 31.2 Å².